The Kier molecular flexibility index (Phi) is 4.56. The lowest BCUT2D eigenvalue weighted by Crippen LogP contribution is -2.25. The van der Waals surface area contributed by atoms with Crippen molar-refractivity contribution in [2.45, 2.75) is 11.4 Å². The smallest absolute Gasteiger partial charge is 0.240 e. The van der Waals surface area contributed by atoms with Crippen molar-refractivity contribution in [2.75, 3.05) is 0 Å². The van der Waals surface area contributed by atoms with E-state index in [0.29, 0.717) is 0 Å². The molecule has 2 aromatic rings. The molecule has 0 aliphatic carbocycles. The minimum absolute atomic E-state index is 0.0636. The summed E-state index contributed by atoms with van der Waals surface area (Å²) in [6.45, 7) is 0.0636. The highest BCUT2D eigenvalue weighted by Crippen LogP contribution is 2.20. The fraction of sp³-hybridized carbons (Fsp3) is 0.0769. The van der Waals surface area contributed by atoms with Gasteiger partial charge in [-0.15, -0.1) is 0 Å². The minimum Gasteiger partial charge on any atom is -0.545 e. The van der Waals surface area contributed by atoms with Crippen molar-refractivity contribution in [3.05, 3.63) is 58.9 Å². The maximum Gasteiger partial charge on any atom is 0.240 e. The van der Waals surface area contributed by atoms with Crippen molar-refractivity contribution < 1.29 is 18.3 Å². The van der Waals surface area contributed by atoms with Crippen molar-refractivity contribution in [3.8, 4) is 0 Å². The number of aromatic nitrogens is 1. The number of carboxylic acid groups (broad SMARTS) is 1. The summed E-state index contributed by atoms with van der Waals surface area (Å²) >= 11 is 5.67. The van der Waals surface area contributed by atoms with Gasteiger partial charge in [-0.1, -0.05) is 11.6 Å². The second kappa shape index (κ2) is 6.21. The third-order valence-corrected chi connectivity index (χ3v) is 4.41. The van der Waals surface area contributed by atoms with E-state index in [9.17, 15) is 18.3 Å². The zero-order valence-corrected chi connectivity index (χ0v) is 12.2. The highest BCUT2D eigenvalue weighted by molar-refractivity contribution is 7.89. The lowest BCUT2D eigenvalue weighted by molar-refractivity contribution is -0.255. The molecule has 0 fully saturated rings. The lowest BCUT2D eigenvalue weighted by atomic mass is 10.2. The molecule has 0 radical (unpaired) electrons. The Morgan fingerprint density at radius 2 is 1.90 bits per heavy atom. The van der Waals surface area contributed by atoms with E-state index in [1.807, 2.05) is 0 Å². The van der Waals surface area contributed by atoms with Gasteiger partial charge in [0.2, 0.25) is 10.0 Å². The van der Waals surface area contributed by atoms with Gasteiger partial charge in [0.15, 0.2) is 0 Å². The first-order valence-corrected chi connectivity index (χ1v) is 7.66. The normalized spacial score (nSPS) is 11.3. The molecule has 0 atom stereocenters. The average Bonchev–Trinajstić information content (AvgIpc) is 2.46. The van der Waals surface area contributed by atoms with E-state index in [1.165, 1.54) is 12.1 Å². The van der Waals surface area contributed by atoms with Crippen LogP contribution in [0.3, 0.4) is 0 Å². The van der Waals surface area contributed by atoms with Gasteiger partial charge in [-0.25, -0.2) is 13.1 Å². The van der Waals surface area contributed by atoms with Gasteiger partial charge >= 0.3 is 0 Å². The fourth-order valence-electron chi connectivity index (χ4n) is 1.59. The number of hydrogen-bond donors (Lipinski definition) is 1. The molecule has 1 aromatic heterocycles. The molecule has 0 aliphatic heterocycles. The van der Waals surface area contributed by atoms with Gasteiger partial charge in [0.25, 0.3) is 0 Å². The highest BCUT2D eigenvalue weighted by Gasteiger charge is 2.16. The van der Waals surface area contributed by atoms with E-state index in [0.717, 1.165) is 11.6 Å². The molecule has 1 aromatic carbocycles. The molecule has 0 aliphatic rings. The van der Waals surface area contributed by atoms with Crippen LogP contribution in [0.4, 0.5) is 0 Å². The minimum atomic E-state index is -3.85. The Bertz CT molecular complexity index is 763. The second-order valence-electron chi connectivity index (χ2n) is 4.11. The van der Waals surface area contributed by atoms with Gasteiger partial charge in [0.05, 0.1) is 10.9 Å². The Balaban J connectivity index is 2.24. The quantitative estimate of drug-likeness (QED) is 0.866. The van der Waals surface area contributed by atoms with Crippen LogP contribution in [0, 0.1) is 0 Å². The Morgan fingerprint density at radius 3 is 2.52 bits per heavy atom. The van der Waals surface area contributed by atoms with E-state index >= 15 is 0 Å². The van der Waals surface area contributed by atoms with Crippen LogP contribution in [0.15, 0.2) is 47.6 Å². The van der Waals surface area contributed by atoms with Crippen molar-refractivity contribution in [3.63, 3.8) is 0 Å². The van der Waals surface area contributed by atoms with Crippen LogP contribution < -0.4 is 9.83 Å². The van der Waals surface area contributed by atoms with Gasteiger partial charge < -0.3 is 9.90 Å². The summed E-state index contributed by atoms with van der Waals surface area (Å²) in [4.78, 5) is 14.5. The van der Waals surface area contributed by atoms with Crippen LogP contribution in [0.25, 0.3) is 0 Å². The van der Waals surface area contributed by atoms with E-state index < -0.39 is 16.0 Å². The van der Waals surface area contributed by atoms with Crippen LogP contribution in [0.5, 0.6) is 0 Å². The molecule has 21 heavy (non-hydrogen) atoms. The van der Waals surface area contributed by atoms with Gasteiger partial charge in [-0.3, -0.25) is 4.98 Å². The van der Waals surface area contributed by atoms with Crippen molar-refractivity contribution in [1.29, 1.82) is 0 Å². The number of sulfonamides is 1. The molecule has 1 heterocycles. The van der Waals surface area contributed by atoms with Crippen molar-refractivity contribution >= 4 is 27.6 Å². The zero-order valence-electron chi connectivity index (χ0n) is 10.6. The van der Waals surface area contributed by atoms with E-state index in [2.05, 4.69) is 9.71 Å². The molecular weight excluding hydrogens is 316 g/mol. The van der Waals surface area contributed by atoms with Crippen molar-refractivity contribution in [2.24, 2.45) is 0 Å². The van der Waals surface area contributed by atoms with Crippen LogP contribution in [-0.2, 0) is 16.6 Å². The number of benzene rings is 1. The number of aromatic carboxylic acids is 1. The van der Waals surface area contributed by atoms with Crippen LogP contribution in [0.1, 0.15) is 15.9 Å². The molecule has 110 valence electrons. The summed E-state index contributed by atoms with van der Waals surface area (Å²) < 4.78 is 26.6. The maximum atomic E-state index is 12.1. The number of nitrogens with one attached hydrogen (secondary N) is 1. The number of carbonyl (C=O) groups is 1. The van der Waals surface area contributed by atoms with Crippen LogP contribution in [-0.4, -0.2) is 19.4 Å². The summed E-state index contributed by atoms with van der Waals surface area (Å²) in [6, 6.07) is 6.72. The Labute approximate surface area is 126 Å². The number of hydrogen-bond acceptors (Lipinski definition) is 5. The largest absolute Gasteiger partial charge is 0.545 e. The second-order valence-corrected chi connectivity index (χ2v) is 6.28. The maximum absolute atomic E-state index is 12.1. The molecule has 0 saturated carbocycles. The summed E-state index contributed by atoms with van der Waals surface area (Å²) in [5.74, 6) is -1.54. The van der Waals surface area contributed by atoms with Gasteiger partial charge in [0.1, 0.15) is 0 Å². The number of carboxylic acids is 1. The predicted octanol–water partition coefficient (Wildman–Crippen LogP) is 0.577. The monoisotopic (exact) mass is 325 g/mol. The number of carbonyl (C=O) groups excluding carboxylic acids is 1. The predicted molar refractivity (Wildman–Crippen MR) is 74.0 cm³/mol. The molecule has 2 rings (SSSR count). The van der Waals surface area contributed by atoms with Crippen LogP contribution >= 0.6 is 11.6 Å². The van der Waals surface area contributed by atoms with Crippen LogP contribution in [0.2, 0.25) is 5.02 Å². The summed E-state index contributed by atoms with van der Waals surface area (Å²) in [5, 5.41) is 10.8. The highest BCUT2D eigenvalue weighted by atomic mass is 35.5. The molecule has 1 N–H and O–H groups in total. The fourth-order valence-corrected chi connectivity index (χ4v) is 2.83. The van der Waals surface area contributed by atoms with Gasteiger partial charge in [-0.2, -0.15) is 0 Å². The molecule has 6 nitrogen and oxygen atoms in total. The standard InChI is InChI=1S/C13H11ClN2O4S/c14-12-2-1-10(7-11(12)13(17)18)21(19,20)16-8-9-3-5-15-6-4-9/h1-7,16H,8H2,(H,17,18)/p-1. The molecular formula is C13H10ClN2O4S-. The summed E-state index contributed by atoms with van der Waals surface area (Å²) in [5.41, 5.74) is 0.353. The number of rotatable bonds is 5. The lowest BCUT2D eigenvalue weighted by Gasteiger charge is -2.10. The van der Waals surface area contributed by atoms with E-state index in [-0.39, 0.29) is 22.0 Å². The number of halogens is 1. The Morgan fingerprint density at radius 1 is 1.24 bits per heavy atom. The topological polar surface area (TPSA) is 99.2 Å². The molecule has 0 amide bonds. The third-order valence-electron chi connectivity index (χ3n) is 2.68. The third kappa shape index (κ3) is 3.78. The molecule has 0 bridgehead atoms. The first-order chi connectivity index (χ1) is 9.90. The van der Waals surface area contributed by atoms with Gasteiger partial charge in [0, 0.05) is 29.5 Å². The molecule has 0 unspecified atom stereocenters. The SMILES string of the molecule is O=C([O-])c1cc(S(=O)(=O)NCc2ccncc2)ccc1Cl. The first-order valence-electron chi connectivity index (χ1n) is 5.79. The summed E-state index contributed by atoms with van der Waals surface area (Å²) in [7, 11) is -3.85. The van der Waals surface area contributed by atoms with Crippen molar-refractivity contribution in [1.82, 2.24) is 9.71 Å². The molecule has 0 saturated heterocycles. The van der Waals surface area contributed by atoms with E-state index in [1.54, 1.807) is 24.5 Å². The first kappa shape index (κ1) is 15.4. The summed E-state index contributed by atoms with van der Waals surface area (Å²) in [6.07, 6.45) is 3.08. The molecule has 8 heteroatoms. The Hall–Kier alpha value is -1.96. The number of pyridine rings is 1. The number of nitrogens with zero attached hydrogens (tertiary/aromatic N) is 1. The zero-order chi connectivity index (χ0) is 15.5. The van der Waals surface area contributed by atoms with E-state index in [4.69, 9.17) is 11.6 Å². The average molecular weight is 326 g/mol. The molecule has 0 spiro atoms. The van der Waals surface area contributed by atoms with Gasteiger partial charge in [-0.05, 0) is 35.9 Å².